The number of fused-ring (bicyclic) bond motifs is 3. The maximum atomic E-state index is 4.55. The average molecular weight is 295 g/mol. The van der Waals surface area contributed by atoms with Crippen LogP contribution in [-0.2, 0) is 6.42 Å². The van der Waals surface area contributed by atoms with Crippen molar-refractivity contribution in [2.24, 2.45) is 4.99 Å². The van der Waals surface area contributed by atoms with Crippen LogP contribution in [0.5, 0.6) is 0 Å². The van der Waals surface area contributed by atoms with Gasteiger partial charge in [0.15, 0.2) is 0 Å². The highest BCUT2D eigenvalue weighted by Crippen LogP contribution is 2.37. The highest BCUT2D eigenvalue weighted by atomic mass is 14.7. The first-order chi connectivity index (χ1) is 11.4. The van der Waals surface area contributed by atoms with Gasteiger partial charge in [-0.3, -0.25) is 4.99 Å². The maximum absolute atomic E-state index is 4.55. The van der Waals surface area contributed by atoms with Gasteiger partial charge < -0.3 is 0 Å². The molecule has 1 nitrogen and oxygen atoms in total. The highest BCUT2D eigenvalue weighted by Gasteiger charge is 2.17. The van der Waals surface area contributed by atoms with E-state index in [0.717, 1.165) is 12.1 Å². The predicted octanol–water partition coefficient (Wildman–Crippen LogP) is 5.67. The van der Waals surface area contributed by atoms with Crippen molar-refractivity contribution in [1.29, 1.82) is 0 Å². The summed E-state index contributed by atoms with van der Waals surface area (Å²) in [6, 6.07) is 25.4. The van der Waals surface area contributed by atoms with Crippen molar-refractivity contribution < 1.29 is 0 Å². The van der Waals surface area contributed by atoms with E-state index in [2.05, 4.69) is 65.7 Å². The first kappa shape index (κ1) is 13.7. The zero-order valence-electron chi connectivity index (χ0n) is 12.8. The molecule has 0 N–H and O–H groups in total. The van der Waals surface area contributed by atoms with Crippen LogP contribution in [0.3, 0.4) is 0 Å². The number of hydrogen-bond donors (Lipinski definition) is 0. The molecule has 0 aliphatic heterocycles. The van der Waals surface area contributed by atoms with Gasteiger partial charge in [-0.25, -0.2) is 0 Å². The van der Waals surface area contributed by atoms with Gasteiger partial charge in [-0.05, 0) is 52.4 Å². The Morgan fingerprint density at radius 1 is 0.739 bits per heavy atom. The van der Waals surface area contributed by atoms with E-state index in [1.165, 1.54) is 27.8 Å². The quantitative estimate of drug-likeness (QED) is 0.432. The van der Waals surface area contributed by atoms with Crippen LogP contribution in [0.2, 0.25) is 0 Å². The Morgan fingerprint density at radius 3 is 2.43 bits per heavy atom. The third-order valence-electron chi connectivity index (χ3n) is 4.18. The molecule has 0 spiro atoms. The minimum absolute atomic E-state index is 1.01. The standard InChI is InChI=1S/C22H17N/c1-2-7-17(8-3-1)9-6-14-23-20-12-13-22-19(16-20)15-18-10-4-5-11-21(18)22/h1-14,16H,15H2/b9-6+,23-14?. The minimum atomic E-state index is 1.01. The molecule has 3 aromatic rings. The van der Waals surface area contributed by atoms with Crippen LogP contribution < -0.4 is 0 Å². The molecule has 0 bridgehead atoms. The lowest BCUT2D eigenvalue weighted by molar-refractivity contribution is 1.26. The number of nitrogens with zero attached hydrogens (tertiary/aromatic N) is 1. The van der Waals surface area contributed by atoms with Crippen LogP contribution in [0.15, 0.2) is 83.9 Å². The van der Waals surface area contributed by atoms with Gasteiger partial charge in [-0.15, -0.1) is 0 Å². The number of aliphatic imine (C=N–C) groups is 1. The fourth-order valence-electron chi connectivity index (χ4n) is 3.06. The lowest BCUT2D eigenvalue weighted by Crippen LogP contribution is -1.79. The van der Waals surface area contributed by atoms with Crippen molar-refractivity contribution in [3.63, 3.8) is 0 Å². The van der Waals surface area contributed by atoms with Crippen molar-refractivity contribution in [2.75, 3.05) is 0 Å². The van der Waals surface area contributed by atoms with Crippen molar-refractivity contribution in [1.82, 2.24) is 0 Å². The minimum Gasteiger partial charge on any atom is -0.257 e. The van der Waals surface area contributed by atoms with Crippen molar-refractivity contribution in [3.05, 3.63) is 95.6 Å². The second-order valence-corrected chi connectivity index (χ2v) is 5.72. The van der Waals surface area contributed by atoms with Crippen LogP contribution in [0.25, 0.3) is 17.2 Å². The van der Waals surface area contributed by atoms with Gasteiger partial charge in [0.2, 0.25) is 0 Å². The van der Waals surface area contributed by atoms with Crippen molar-refractivity contribution in [2.45, 2.75) is 6.42 Å². The molecule has 23 heavy (non-hydrogen) atoms. The molecule has 3 aromatic carbocycles. The summed E-state index contributed by atoms with van der Waals surface area (Å²) in [5.41, 5.74) is 7.68. The number of allylic oxidation sites excluding steroid dienone is 1. The summed E-state index contributed by atoms with van der Waals surface area (Å²) in [5.74, 6) is 0. The molecule has 110 valence electrons. The average Bonchev–Trinajstić information content (AvgIpc) is 2.97. The fourth-order valence-corrected chi connectivity index (χ4v) is 3.06. The Kier molecular flexibility index (Phi) is 3.61. The van der Waals surface area contributed by atoms with Gasteiger partial charge in [0, 0.05) is 6.21 Å². The Balaban J connectivity index is 1.53. The third-order valence-corrected chi connectivity index (χ3v) is 4.18. The Hall–Kier alpha value is -2.93. The maximum Gasteiger partial charge on any atom is 0.0632 e. The monoisotopic (exact) mass is 295 g/mol. The molecule has 0 fully saturated rings. The molecule has 0 heterocycles. The molecular weight excluding hydrogens is 278 g/mol. The van der Waals surface area contributed by atoms with E-state index in [1.54, 1.807) is 0 Å². The summed E-state index contributed by atoms with van der Waals surface area (Å²) in [5, 5.41) is 0. The zero-order valence-corrected chi connectivity index (χ0v) is 12.8. The van der Waals surface area contributed by atoms with Crippen LogP contribution in [0.1, 0.15) is 16.7 Å². The van der Waals surface area contributed by atoms with Crippen molar-refractivity contribution >= 4 is 18.0 Å². The van der Waals surface area contributed by atoms with Crippen LogP contribution >= 0.6 is 0 Å². The van der Waals surface area contributed by atoms with Gasteiger partial charge in [-0.1, -0.05) is 66.7 Å². The summed E-state index contributed by atoms with van der Waals surface area (Å²) in [4.78, 5) is 4.55. The Morgan fingerprint density at radius 2 is 1.52 bits per heavy atom. The lowest BCUT2D eigenvalue weighted by Gasteiger charge is -2.01. The van der Waals surface area contributed by atoms with E-state index in [1.807, 2.05) is 30.5 Å². The van der Waals surface area contributed by atoms with Crippen LogP contribution in [0.4, 0.5) is 5.69 Å². The molecule has 0 atom stereocenters. The van der Waals surface area contributed by atoms with Crippen LogP contribution in [-0.4, -0.2) is 6.21 Å². The molecule has 0 aromatic heterocycles. The summed E-state index contributed by atoms with van der Waals surface area (Å²) in [6.07, 6.45) is 6.91. The molecule has 0 unspecified atom stereocenters. The van der Waals surface area contributed by atoms with E-state index in [4.69, 9.17) is 0 Å². The smallest absolute Gasteiger partial charge is 0.0632 e. The molecule has 0 radical (unpaired) electrons. The number of hydrogen-bond acceptors (Lipinski definition) is 1. The lowest BCUT2D eigenvalue weighted by atomic mass is 10.1. The van der Waals surface area contributed by atoms with Gasteiger partial charge in [-0.2, -0.15) is 0 Å². The van der Waals surface area contributed by atoms with E-state index in [0.29, 0.717) is 0 Å². The molecule has 1 aliphatic rings. The van der Waals surface area contributed by atoms with Gasteiger partial charge in [0.05, 0.1) is 5.69 Å². The van der Waals surface area contributed by atoms with E-state index in [-0.39, 0.29) is 0 Å². The molecule has 1 heteroatoms. The molecule has 1 aliphatic carbocycles. The Labute approximate surface area is 136 Å². The fraction of sp³-hybridized carbons (Fsp3) is 0.0455. The van der Waals surface area contributed by atoms with Crippen molar-refractivity contribution in [3.8, 4) is 11.1 Å². The Bertz CT molecular complexity index is 889. The summed E-state index contributed by atoms with van der Waals surface area (Å²) < 4.78 is 0. The largest absolute Gasteiger partial charge is 0.257 e. The van der Waals surface area contributed by atoms with E-state index >= 15 is 0 Å². The normalized spacial score (nSPS) is 12.7. The first-order valence-corrected chi connectivity index (χ1v) is 7.87. The molecule has 0 amide bonds. The summed E-state index contributed by atoms with van der Waals surface area (Å²) >= 11 is 0. The molecule has 0 saturated heterocycles. The van der Waals surface area contributed by atoms with Gasteiger partial charge in [0.25, 0.3) is 0 Å². The van der Waals surface area contributed by atoms with E-state index < -0.39 is 0 Å². The van der Waals surface area contributed by atoms with E-state index in [9.17, 15) is 0 Å². The van der Waals surface area contributed by atoms with Gasteiger partial charge >= 0.3 is 0 Å². The summed E-state index contributed by atoms with van der Waals surface area (Å²) in [7, 11) is 0. The predicted molar refractivity (Wildman–Crippen MR) is 98.3 cm³/mol. The molecule has 4 rings (SSSR count). The van der Waals surface area contributed by atoms with Gasteiger partial charge in [0.1, 0.15) is 0 Å². The second-order valence-electron chi connectivity index (χ2n) is 5.72. The second kappa shape index (κ2) is 6.05. The summed E-state index contributed by atoms with van der Waals surface area (Å²) in [6.45, 7) is 0. The van der Waals surface area contributed by atoms with Crippen LogP contribution in [0, 0.1) is 0 Å². The number of rotatable bonds is 3. The molecule has 0 saturated carbocycles. The number of benzene rings is 3. The zero-order chi connectivity index (χ0) is 15.5. The third kappa shape index (κ3) is 2.86. The highest BCUT2D eigenvalue weighted by molar-refractivity contribution is 5.82. The topological polar surface area (TPSA) is 12.4 Å². The SMILES string of the molecule is C(/C=C/c1ccccc1)=Nc1ccc2c(c1)Cc1ccccc1-2. The first-order valence-electron chi connectivity index (χ1n) is 7.87. The molecular formula is C22H17N.